The highest BCUT2D eigenvalue weighted by Crippen LogP contribution is 2.36. The Hall–Kier alpha value is -2.90. The lowest BCUT2D eigenvalue weighted by atomic mass is 10.1. The molecule has 2 aromatic carbocycles. The lowest BCUT2D eigenvalue weighted by Gasteiger charge is -2.23. The van der Waals surface area contributed by atoms with Crippen molar-refractivity contribution in [1.29, 1.82) is 0 Å². The molecule has 0 fully saturated rings. The second kappa shape index (κ2) is 8.63. The van der Waals surface area contributed by atoms with Crippen LogP contribution in [0.25, 0.3) is 10.9 Å². The van der Waals surface area contributed by atoms with Gasteiger partial charge in [-0.05, 0) is 24.6 Å². The summed E-state index contributed by atoms with van der Waals surface area (Å²) in [5, 5.41) is 1.84. The van der Waals surface area contributed by atoms with E-state index >= 15 is 0 Å². The third kappa shape index (κ3) is 4.11. The number of aromatic nitrogens is 2. The van der Waals surface area contributed by atoms with Crippen molar-refractivity contribution in [2.75, 3.05) is 11.2 Å². The Kier molecular flexibility index (Phi) is 5.78. The molecule has 4 rings (SSSR count). The topological polar surface area (TPSA) is 58.1 Å². The molecule has 0 aliphatic carbocycles. The zero-order valence-corrected chi connectivity index (χ0v) is 17.8. The first-order valence-corrected chi connectivity index (χ1v) is 11.2. The normalized spacial score (nSPS) is 10.8. The average Bonchev–Trinajstić information content (AvgIpc) is 3.14. The van der Waals surface area contributed by atoms with E-state index in [1.54, 1.807) is 0 Å². The van der Waals surface area contributed by atoms with Gasteiger partial charge in [0.1, 0.15) is 5.69 Å². The smallest absolute Gasteiger partial charge is 0.280 e. The summed E-state index contributed by atoms with van der Waals surface area (Å²) in [4.78, 5) is 24.6. The standard InChI is InChI=1S/C22H20N4OS2/c1-15-20(21(27)25-28-2)24-22(29-15)26(14-16-8-4-3-5-9-16)19-12-13-23-18-11-7-6-10-17(18)19/h3-13H,14H2,1-2H3,(H,25,27). The van der Waals surface area contributed by atoms with Crippen LogP contribution in [0.2, 0.25) is 0 Å². The van der Waals surface area contributed by atoms with Gasteiger partial charge in [0.2, 0.25) is 0 Å². The maximum atomic E-state index is 12.4. The van der Waals surface area contributed by atoms with Gasteiger partial charge in [-0.2, -0.15) is 0 Å². The Labute approximate surface area is 177 Å². The molecule has 2 aromatic heterocycles. The van der Waals surface area contributed by atoms with Crippen LogP contribution in [0.3, 0.4) is 0 Å². The van der Waals surface area contributed by atoms with E-state index < -0.39 is 0 Å². The summed E-state index contributed by atoms with van der Waals surface area (Å²) in [6, 6.07) is 20.3. The quantitative estimate of drug-likeness (QED) is 0.426. The minimum Gasteiger partial charge on any atom is -0.313 e. The first-order valence-electron chi connectivity index (χ1n) is 9.13. The molecule has 146 valence electrons. The highest BCUT2D eigenvalue weighted by molar-refractivity contribution is 7.97. The lowest BCUT2D eigenvalue weighted by molar-refractivity contribution is 0.0980. The predicted octanol–water partition coefficient (Wildman–Crippen LogP) is 5.35. The average molecular weight is 421 g/mol. The number of nitrogens with one attached hydrogen (secondary N) is 1. The number of hydrogen-bond donors (Lipinski definition) is 1. The van der Waals surface area contributed by atoms with Crippen molar-refractivity contribution in [1.82, 2.24) is 14.7 Å². The molecular formula is C22H20N4OS2. The third-order valence-electron chi connectivity index (χ3n) is 4.53. The Morgan fingerprint density at radius 3 is 2.66 bits per heavy atom. The van der Waals surface area contributed by atoms with Crippen LogP contribution < -0.4 is 9.62 Å². The zero-order valence-electron chi connectivity index (χ0n) is 16.1. The van der Waals surface area contributed by atoms with Crippen LogP contribution in [0.15, 0.2) is 66.9 Å². The van der Waals surface area contributed by atoms with Crippen molar-refractivity contribution in [3.63, 3.8) is 0 Å². The molecule has 0 spiro atoms. The maximum absolute atomic E-state index is 12.4. The maximum Gasteiger partial charge on any atom is 0.280 e. The van der Waals surface area contributed by atoms with Gasteiger partial charge in [0, 0.05) is 22.7 Å². The van der Waals surface area contributed by atoms with Gasteiger partial charge in [0.15, 0.2) is 5.13 Å². The van der Waals surface area contributed by atoms with Gasteiger partial charge >= 0.3 is 0 Å². The molecular weight excluding hydrogens is 400 g/mol. The van der Waals surface area contributed by atoms with Gasteiger partial charge in [0.25, 0.3) is 5.91 Å². The van der Waals surface area contributed by atoms with E-state index in [4.69, 9.17) is 4.98 Å². The van der Waals surface area contributed by atoms with Crippen LogP contribution in [-0.4, -0.2) is 22.1 Å². The van der Waals surface area contributed by atoms with Crippen molar-refractivity contribution < 1.29 is 4.79 Å². The summed E-state index contributed by atoms with van der Waals surface area (Å²) >= 11 is 2.80. The van der Waals surface area contributed by atoms with Gasteiger partial charge in [-0.15, -0.1) is 11.3 Å². The molecule has 0 atom stereocenters. The fourth-order valence-corrected chi connectivity index (χ4v) is 4.39. The third-order valence-corrected chi connectivity index (χ3v) is 5.91. The Bertz CT molecular complexity index is 1140. The number of fused-ring (bicyclic) bond motifs is 1. The van der Waals surface area contributed by atoms with Gasteiger partial charge < -0.3 is 4.90 Å². The molecule has 0 unspecified atom stereocenters. The van der Waals surface area contributed by atoms with Crippen LogP contribution >= 0.6 is 23.3 Å². The number of rotatable bonds is 6. The van der Waals surface area contributed by atoms with Crippen molar-refractivity contribution in [2.24, 2.45) is 0 Å². The first kappa shape index (κ1) is 19.4. The van der Waals surface area contributed by atoms with E-state index in [1.165, 1.54) is 23.3 Å². The van der Waals surface area contributed by atoms with E-state index in [9.17, 15) is 4.79 Å². The largest absolute Gasteiger partial charge is 0.313 e. The molecule has 1 amide bonds. The summed E-state index contributed by atoms with van der Waals surface area (Å²) in [7, 11) is 0. The van der Waals surface area contributed by atoms with Crippen molar-refractivity contribution >= 4 is 50.9 Å². The second-order valence-corrected chi connectivity index (χ2v) is 8.25. The molecule has 4 aromatic rings. The molecule has 0 radical (unpaired) electrons. The van der Waals surface area contributed by atoms with Gasteiger partial charge in [-0.1, -0.05) is 60.5 Å². The number of para-hydroxylation sites is 1. The fraction of sp³-hybridized carbons (Fsp3) is 0.136. The molecule has 0 bridgehead atoms. The zero-order chi connectivity index (χ0) is 20.2. The summed E-state index contributed by atoms with van der Waals surface area (Å²) in [5.41, 5.74) is 3.58. The number of carbonyl (C=O) groups is 1. The van der Waals surface area contributed by atoms with Crippen LogP contribution in [0, 0.1) is 6.92 Å². The van der Waals surface area contributed by atoms with Crippen LogP contribution in [0.1, 0.15) is 20.9 Å². The molecule has 0 aliphatic rings. The van der Waals surface area contributed by atoms with E-state index in [0.717, 1.165) is 32.2 Å². The van der Waals surface area contributed by atoms with Gasteiger partial charge in [-0.3, -0.25) is 14.5 Å². The van der Waals surface area contributed by atoms with E-state index in [-0.39, 0.29) is 5.91 Å². The number of thiazole rings is 1. The van der Waals surface area contributed by atoms with Gasteiger partial charge in [-0.25, -0.2) is 4.98 Å². The number of hydrogen-bond acceptors (Lipinski definition) is 6. The fourth-order valence-electron chi connectivity index (χ4n) is 3.19. The number of nitrogens with zero attached hydrogens (tertiary/aromatic N) is 3. The van der Waals surface area contributed by atoms with E-state index in [0.29, 0.717) is 12.2 Å². The summed E-state index contributed by atoms with van der Waals surface area (Å²) < 4.78 is 2.77. The highest BCUT2D eigenvalue weighted by Gasteiger charge is 2.21. The minimum absolute atomic E-state index is 0.170. The first-order chi connectivity index (χ1) is 14.2. The molecule has 0 saturated heterocycles. The highest BCUT2D eigenvalue weighted by atomic mass is 32.2. The number of benzene rings is 2. The van der Waals surface area contributed by atoms with Crippen LogP contribution in [0.5, 0.6) is 0 Å². The van der Waals surface area contributed by atoms with Crippen molar-refractivity contribution in [3.05, 3.63) is 83.0 Å². The van der Waals surface area contributed by atoms with Crippen LogP contribution in [0.4, 0.5) is 10.8 Å². The molecule has 2 heterocycles. The molecule has 5 nitrogen and oxygen atoms in total. The molecule has 7 heteroatoms. The van der Waals surface area contributed by atoms with Crippen molar-refractivity contribution in [2.45, 2.75) is 13.5 Å². The number of anilines is 2. The lowest BCUT2D eigenvalue weighted by Crippen LogP contribution is -2.19. The Balaban J connectivity index is 1.83. The number of carbonyl (C=O) groups excluding carboxylic acids is 1. The number of amides is 1. The molecule has 0 saturated carbocycles. The second-order valence-electron chi connectivity index (χ2n) is 6.46. The minimum atomic E-state index is -0.170. The summed E-state index contributed by atoms with van der Waals surface area (Å²) in [5.74, 6) is -0.170. The Morgan fingerprint density at radius 1 is 1.10 bits per heavy atom. The number of aryl methyl sites for hydroxylation is 1. The van der Waals surface area contributed by atoms with E-state index in [1.807, 2.05) is 61.8 Å². The SMILES string of the molecule is CSNC(=O)c1nc(N(Cc2ccccc2)c2ccnc3ccccc23)sc1C. The number of pyridine rings is 1. The Morgan fingerprint density at radius 2 is 1.86 bits per heavy atom. The van der Waals surface area contributed by atoms with E-state index in [2.05, 4.69) is 32.8 Å². The summed E-state index contributed by atoms with van der Waals surface area (Å²) in [6.07, 6.45) is 3.64. The van der Waals surface area contributed by atoms with Gasteiger partial charge in [0.05, 0.1) is 17.7 Å². The molecule has 29 heavy (non-hydrogen) atoms. The summed E-state index contributed by atoms with van der Waals surface area (Å²) in [6.45, 7) is 2.58. The van der Waals surface area contributed by atoms with Crippen LogP contribution in [-0.2, 0) is 6.54 Å². The molecule has 1 N–H and O–H groups in total. The monoisotopic (exact) mass is 420 g/mol. The van der Waals surface area contributed by atoms with Crippen molar-refractivity contribution in [3.8, 4) is 0 Å². The predicted molar refractivity (Wildman–Crippen MR) is 122 cm³/mol. The molecule has 0 aliphatic heterocycles.